The molecule has 3 heterocycles. The summed E-state index contributed by atoms with van der Waals surface area (Å²) < 4.78 is 13.7. The zero-order valence-corrected chi connectivity index (χ0v) is 16.7. The summed E-state index contributed by atoms with van der Waals surface area (Å²) in [5, 5.41) is 6.26. The topological polar surface area (TPSA) is 94.3 Å². The van der Waals surface area contributed by atoms with Gasteiger partial charge in [-0.05, 0) is 36.8 Å². The summed E-state index contributed by atoms with van der Waals surface area (Å²) in [4.78, 5) is 42.9. The fraction of sp³-hybridized carbons (Fsp3) is 0.261. The van der Waals surface area contributed by atoms with E-state index >= 15 is 0 Å². The molecule has 31 heavy (non-hydrogen) atoms. The maximum atomic E-state index is 13.7. The number of aromatic amines is 1. The first-order valence-corrected chi connectivity index (χ1v) is 10.3. The van der Waals surface area contributed by atoms with E-state index in [2.05, 4.69) is 15.6 Å². The van der Waals surface area contributed by atoms with Crippen LogP contribution in [0.3, 0.4) is 0 Å². The van der Waals surface area contributed by atoms with Gasteiger partial charge in [-0.15, -0.1) is 0 Å². The first-order chi connectivity index (χ1) is 15.0. The minimum absolute atomic E-state index is 0.0970. The number of hydrogen-bond donors (Lipinski definition) is 3. The van der Waals surface area contributed by atoms with Crippen LogP contribution in [0.25, 0.3) is 10.9 Å². The molecule has 2 aliphatic rings. The van der Waals surface area contributed by atoms with Crippen molar-refractivity contribution in [2.24, 2.45) is 0 Å². The van der Waals surface area contributed by atoms with E-state index in [9.17, 15) is 18.8 Å². The van der Waals surface area contributed by atoms with E-state index in [-0.39, 0.29) is 36.4 Å². The van der Waals surface area contributed by atoms with E-state index in [1.807, 2.05) is 0 Å². The van der Waals surface area contributed by atoms with Crippen molar-refractivity contribution in [1.82, 2.24) is 15.2 Å². The molecule has 0 radical (unpaired) electrons. The number of hydrogen-bond acceptors (Lipinski definition) is 3. The van der Waals surface area contributed by atoms with Crippen LogP contribution in [0.2, 0.25) is 0 Å². The third kappa shape index (κ3) is 3.54. The summed E-state index contributed by atoms with van der Waals surface area (Å²) in [5.41, 5.74) is 3.69. The lowest BCUT2D eigenvalue weighted by Gasteiger charge is -2.28. The average Bonchev–Trinajstić information content (AvgIpc) is 3.07. The number of benzene rings is 2. The van der Waals surface area contributed by atoms with E-state index in [4.69, 9.17) is 0 Å². The molecular weight excluding hydrogens is 399 g/mol. The molecule has 8 heteroatoms. The zero-order chi connectivity index (χ0) is 21.5. The molecule has 0 unspecified atom stereocenters. The standard InChI is InChI=1S/C23H21FN4O3/c24-13-5-6-18-15(11-13)16-12-28(10-9-19(16)25-18)21(29)8-7-20-23(31)26-17-4-2-1-3-14(17)22(30)27-20/h1-6,11,20,25H,7-10,12H2,(H,26,31)(H,27,30)/t20-/m1/s1. The number of halogens is 1. The van der Waals surface area contributed by atoms with Gasteiger partial charge in [0.2, 0.25) is 11.8 Å². The number of para-hydroxylation sites is 1. The SMILES string of the molecule is O=C1N[C@H](CCC(=O)N2CCc3[nH]c4ccc(F)cc4c3C2)C(=O)Nc2ccccc21. The molecule has 0 saturated carbocycles. The summed E-state index contributed by atoms with van der Waals surface area (Å²) in [6.45, 7) is 0.947. The molecule has 0 bridgehead atoms. The number of nitrogens with one attached hydrogen (secondary N) is 3. The fourth-order valence-electron chi connectivity index (χ4n) is 4.34. The number of amides is 3. The van der Waals surface area contributed by atoms with Crippen LogP contribution in [0.4, 0.5) is 10.1 Å². The molecule has 7 nitrogen and oxygen atoms in total. The van der Waals surface area contributed by atoms with Gasteiger partial charge in [0.25, 0.3) is 5.91 Å². The lowest BCUT2D eigenvalue weighted by atomic mass is 10.0. The van der Waals surface area contributed by atoms with Gasteiger partial charge in [0.1, 0.15) is 11.9 Å². The van der Waals surface area contributed by atoms with E-state index in [1.54, 1.807) is 35.2 Å². The highest BCUT2D eigenvalue weighted by Gasteiger charge is 2.29. The average molecular weight is 420 g/mol. The third-order valence-electron chi connectivity index (χ3n) is 5.99. The maximum Gasteiger partial charge on any atom is 0.254 e. The lowest BCUT2D eigenvalue weighted by molar-refractivity contribution is -0.132. The third-order valence-corrected chi connectivity index (χ3v) is 5.99. The minimum atomic E-state index is -0.786. The Balaban J connectivity index is 1.26. The molecular formula is C23H21FN4O3. The Morgan fingerprint density at radius 2 is 2.00 bits per heavy atom. The van der Waals surface area contributed by atoms with E-state index in [0.717, 1.165) is 22.2 Å². The maximum absolute atomic E-state index is 13.7. The normalized spacial score (nSPS) is 18.1. The number of H-pyrrole nitrogens is 1. The zero-order valence-electron chi connectivity index (χ0n) is 16.7. The quantitative estimate of drug-likeness (QED) is 0.608. The fourth-order valence-corrected chi connectivity index (χ4v) is 4.34. The van der Waals surface area contributed by atoms with Gasteiger partial charge in [-0.2, -0.15) is 0 Å². The van der Waals surface area contributed by atoms with Gasteiger partial charge in [0.05, 0.1) is 11.3 Å². The van der Waals surface area contributed by atoms with Crippen LogP contribution in [-0.4, -0.2) is 40.2 Å². The molecule has 2 aliphatic heterocycles. The second-order valence-corrected chi connectivity index (χ2v) is 7.94. The van der Waals surface area contributed by atoms with Crippen LogP contribution < -0.4 is 10.6 Å². The van der Waals surface area contributed by atoms with Crippen LogP contribution >= 0.6 is 0 Å². The van der Waals surface area contributed by atoms with Crippen molar-refractivity contribution in [3.8, 4) is 0 Å². The van der Waals surface area contributed by atoms with Gasteiger partial charge < -0.3 is 20.5 Å². The van der Waals surface area contributed by atoms with Crippen LogP contribution in [0.15, 0.2) is 42.5 Å². The summed E-state index contributed by atoms with van der Waals surface area (Å²) in [6.07, 6.45) is 0.990. The molecule has 2 aromatic carbocycles. The van der Waals surface area contributed by atoms with E-state index in [1.165, 1.54) is 12.1 Å². The van der Waals surface area contributed by atoms with Crippen LogP contribution in [0.1, 0.15) is 34.5 Å². The number of anilines is 1. The molecule has 1 atom stereocenters. The Kier molecular flexibility index (Phi) is 4.69. The Bertz CT molecular complexity index is 1220. The Labute approximate surface area is 177 Å². The molecule has 0 aliphatic carbocycles. The van der Waals surface area contributed by atoms with E-state index in [0.29, 0.717) is 30.8 Å². The molecule has 3 N–H and O–H groups in total. The van der Waals surface area contributed by atoms with Crippen LogP contribution in [0.5, 0.6) is 0 Å². The highest BCUT2D eigenvalue weighted by atomic mass is 19.1. The number of carbonyl (C=O) groups is 3. The molecule has 3 amide bonds. The highest BCUT2D eigenvalue weighted by Crippen LogP contribution is 2.29. The van der Waals surface area contributed by atoms with E-state index < -0.39 is 6.04 Å². The monoisotopic (exact) mass is 420 g/mol. The smallest absolute Gasteiger partial charge is 0.254 e. The number of fused-ring (bicyclic) bond motifs is 4. The highest BCUT2D eigenvalue weighted by molar-refractivity contribution is 6.09. The number of nitrogens with zero attached hydrogens (tertiary/aromatic N) is 1. The molecule has 158 valence electrons. The molecule has 5 rings (SSSR count). The molecule has 1 aromatic heterocycles. The molecule has 0 saturated heterocycles. The summed E-state index contributed by atoms with van der Waals surface area (Å²) in [6, 6.07) is 10.6. The van der Waals surface area contributed by atoms with Crippen LogP contribution in [0, 0.1) is 5.82 Å². The van der Waals surface area contributed by atoms with Crippen molar-refractivity contribution in [1.29, 1.82) is 0 Å². The molecule has 0 spiro atoms. The number of aromatic nitrogens is 1. The van der Waals surface area contributed by atoms with Crippen molar-refractivity contribution in [3.63, 3.8) is 0 Å². The number of rotatable bonds is 3. The first kappa shape index (κ1) is 19.3. The van der Waals surface area contributed by atoms with Gasteiger partial charge >= 0.3 is 0 Å². The van der Waals surface area contributed by atoms with Gasteiger partial charge in [-0.1, -0.05) is 12.1 Å². The summed E-state index contributed by atoms with van der Waals surface area (Å²) in [5.74, 6) is -1.08. The van der Waals surface area contributed by atoms with Crippen molar-refractivity contribution >= 4 is 34.3 Å². The predicted octanol–water partition coefficient (Wildman–Crippen LogP) is 2.72. The predicted molar refractivity (Wildman–Crippen MR) is 113 cm³/mol. The largest absolute Gasteiger partial charge is 0.358 e. The van der Waals surface area contributed by atoms with Crippen molar-refractivity contribution < 1.29 is 18.8 Å². The second kappa shape index (κ2) is 7.54. The lowest BCUT2D eigenvalue weighted by Crippen LogP contribution is -2.42. The summed E-state index contributed by atoms with van der Waals surface area (Å²) >= 11 is 0. The Hall–Kier alpha value is -3.68. The van der Waals surface area contributed by atoms with Crippen LogP contribution in [-0.2, 0) is 22.6 Å². The second-order valence-electron chi connectivity index (χ2n) is 7.94. The van der Waals surface area contributed by atoms with Crippen molar-refractivity contribution in [2.75, 3.05) is 11.9 Å². The number of carbonyl (C=O) groups excluding carboxylic acids is 3. The van der Waals surface area contributed by atoms with Crippen molar-refractivity contribution in [3.05, 3.63) is 65.1 Å². The first-order valence-electron chi connectivity index (χ1n) is 10.3. The van der Waals surface area contributed by atoms with Gasteiger partial charge in [0.15, 0.2) is 0 Å². The minimum Gasteiger partial charge on any atom is -0.358 e. The Morgan fingerprint density at radius 1 is 1.16 bits per heavy atom. The van der Waals surface area contributed by atoms with Crippen molar-refractivity contribution in [2.45, 2.75) is 31.8 Å². The Morgan fingerprint density at radius 3 is 2.87 bits per heavy atom. The summed E-state index contributed by atoms with van der Waals surface area (Å²) in [7, 11) is 0. The van der Waals surface area contributed by atoms with Gasteiger partial charge in [0, 0.05) is 48.1 Å². The molecule has 0 fully saturated rings. The van der Waals surface area contributed by atoms with Gasteiger partial charge in [-0.25, -0.2) is 4.39 Å². The van der Waals surface area contributed by atoms with Gasteiger partial charge in [-0.3, -0.25) is 14.4 Å². The molecule has 3 aromatic rings.